The summed E-state index contributed by atoms with van der Waals surface area (Å²) in [5.74, 6) is 0. The van der Waals surface area contributed by atoms with Crippen molar-refractivity contribution < 1.29 is 0 Å². The zero-order valence-corrected chi connectivity index (χ0v) is 12.9. The zero-order valence-electron chi connectivity index (χ0n) is 12.1. The number of benzene rings is 2. The molecule has 0 aromatic heterocycles. The Kier molecular flexibility index (Phi) is 4.74. The van der Waals surface area contributed by atoms with Crippen LogP contribution < -0.4 is 10.6 Å². The highest BCUT2D eigenvalue weighted by Gasteiger charge is 2.07. The van der Waals surface area contributed by atoms with Gasteiger partial charge in [-0.15, -0.1) is 0 Å². The molecule has 0 fully saturated rings. The Balaban J connectivity index is 1.99. The molecule has 0 aliphatic heterocycles. The van der Waals surface area contributed by atoms with Crippen LogP contribution in [-0.4, -0.2) is 5.11 Å². The fourth-order valence-corrected chi connectivity index (χ4v) is 2.42. The first-order chi connectivity index (χ1) is 9.56. The molecule has 2 aromatic rings. The van der Waals surface area contributed by atoms with E-state index in [1.165, 1.54) is 16.7 Å². The highest BCUT2D eigenvalue weighted by molar-refractivity contribution is 7.80. The zero-order chi connectivity index (χ0) is 14.5. The predicted octanol–water partition coefficient (Wildman–Crippen LogP) is 4.35. The summed E-state index contributed by atoms with van der Waals surface area (Å²) in [6.07, 6.45) is 0. The summed E-state index contributed by atoms with van der Waals surface area (Å²) >= 11 is 5.38. The molecule has 0 saturated carbocycles. The summed E-state index contributed by atoms with van der Waals surface area (Å²) in [7, 11) is 0. The molecule has 0 spiro atoms. The lowest BCUT2D eigenvalue weighted by molar-refractivity contribution is 0.722. The van der Waals surface area contributed by atoms with E-state index in [-0.39, 0.29) is 6.04 Å². The molecule has 104 valence electrons. The van der Waals surface area contributed by atoms with Crippen LogP contribution in [0.25, 0.3) is 0 Å². The van der Waals surface area contributed by atoms with Gasteiger partial charge < -0.3 is 10.6 Å². The van der Waals surface area contributed by atoms with Gasteiger partial charge in [0.25, 0.3) is 0 Å². The Morgan fingerprint density at radius 1 is 1.05 bits per heavy atom. The molecule has 2 aromatic carbocycles. The molecule has 0 aliphatic rings. The first-order valence-corrected chi connectivity index (χ1v) is 7.17. The molecule has 0 bridgehead atoms. The van der Waals surface area contributed by atoms with Gasteiger partial charge in [0.05, 0.1) is 6.04 Å². The molecule has 1 atom stereocenters. The van der Waals surface area contributed by atoms with E-state index in [1.54, 1.807) is 0 Å². The molecular weight excluding hydrogens is 264 g/mol. The third-order valence-electron chi connectivity index (χ3n) is 3.28. The van der Waals surface area contributed by atoms with E-state index in [1.807, 2.05) is 18.2 Å². The molecule has 3 heteroatoms. The Bertz CT molecular complexity index is 593. The summed E-state index contributed by atoms with van der Waals surface area (Å²) in [5.41, 5.74) is 4.72. The molecule has 0 aliphatic carbocycles. The molecule has 2 rings (SSSR count). The molecule has 0 amide bonds. The van der Waals surface area contributed by atoms with Crippen molar-refractivity contribution in [1.29, 1.82) is 0 Å². The fraction of sp³-hybridized carbons (Fsp3) is 0.235. The maximum Gasteiger partial charge on any atom is 0.171 e. The summed E-state index contributed by atoms with van der Waals surface area (Å²) < 4.78 is 0. The van der Waals surface area contributed by atoms with Gasteiger partial charge in [-0.1, -0.05) is 48.0 Å². The Morgan fingerprint density at radius 2 is 1.75 bits per heavy atom. The van der Waals surface area contributed by atoms with Gasteiger partial charge in [-0.3, -0.25) is 0 Å². The van der Waals surface area contributed by atoms with Crippen molar-refractivity contribution in [2.45, 2.75) is 26.8 Å². The van der Waals surface area contributed by atoms with Gasteiger partial charge in [0.2, 0.25) is 0 Å². The summed E-state index contributed by atoms with van der Waals surface area (Å²) in [5, 5.41) is 7.21. The van der Waals surface area contributed by atoms with E-state index in [9.17, 15) is 0 Å². The van der Waals surface area contributed by atoms with Crippen LogP contribution >= 0.6 is 12.2 Å². The maximum atomic E-state index is 5.38. The van der Waals surface area contributed by atoms with E-state index in [0.29, 0.717) is 5.11 Å². The van der Waals surface area contributed by atoms with Crippen LogP contribution in [0.2, 0.25) is 0 Å². The number of anilines is 1. The van der Waals surface area contributed by atoms with Crippen LogP contribution in [0.5, 0.6) is 0 Å². The third kappa shape index (κ3) is 3.81. The number of hydrogen-bond donors (Lipinski definition) is 2. The Hall–Kier alpha value is -1.87. The first kappa shape index (κ1) is 14.5. The van der Waals surface area contributed by atoms with E-state index >= 15 is 0 Å². The topological polar surface area (TPSA) is 24.1 Å². The van der Waals surface area contributed by atoms with Crippen LogP contribution in [0.1, 0.15) is 29.7 Å². The second-order valence-electron chi connectivity index (χ2n) is 5.05. The average Bonchev–Trinajstić information content (AvgIpc) is 2.43. The Labute approximate surface area is 126 Å². The second-order valence-corrected chi connectivity index (χ2v) is 5.46. The van der Waals surface area contributed by atoms with Gasteiger partial charge in [0.1, 0.15) is 0 Å². The van der Waals surface area contributed by atoms with Gasteiger partial charge in [-0.05, 0) is 50.2 Å². The molecule has 0 heterocycles. The number of nitrogens with one attached hydrogen (secondary N) is 2. The lowest BCUT2D eigenvalue weighted by Gasteiger charge is -2.18. The van der Waals surface area contributed by atoms with Gasteiger partial charge in [-0.2, -0.15) is 0 Å². The van der Waals surface area contributed by atoms with Crippen molar-refractivity contribution in [3.05, 3.63) is 65.2 Å². The van der Waals surface area contributed by atoms with Crippen LogP contribution in [0.4, 0.5) is 5.69 Å². The number of thiocarbonyl (C=S) groups is 1. The molecule has 0 radical (unpaired) electrons. The molecular formula is C17H20N2S. The number of hydrogen-bond acceptors (Lipinski definition) is 1. The fourth-order valence-electron chi connectivity index (χ4n) is 2.13. The normalized spacial score (nSPS) is 11.8. The second kappa shape index (κ2) is 6.53. The number of rotatable bonds is 3. The van der Waals surface area contributed by atoms with Crippen molar-refractivity contribution >= 4 is 23.0 Å². The van der Waals surface area contributed by atoms with Gasteiger partial charge in [0.15, 0.2) is 5.11 Å². The lowest BCUT2D eigenvalue weighted by atomic mass is 10.1. The van der Waals surface area contributed by atoms with Crippen LogP contribution in [0.15, 0.2) is 48.5 Å². The van der Waals surface area contributed by atoms with E-state index < -0.39 is 0 Å². The summed E-state index contributed by atoms with van der Waals surface area (Å²) in [6.45, 7) is 6.27. The maximum absolute atomic E-state index is 5.38. The van der Waals surface area contributed by atoms with E-state index in [4.69, 9.17) is 12.2 Å². The predicted molar refractivity (Wildman–Crippen MR) is 90.1 cm³/mol. The van der Waals surface area contributed by atoms with Crippen molar-refractivity contribution in [1.82, 2.24) is 5.32 Å². The molecule has 20 heavy (non-hydrogen) atoms. The SMILES string of the molecule is Cc1ccc(NC(=S)N[C@H](C)c2ccccc2)c(C)c1. The number of aryl methyl sites for hydroxylation is 2. The molecule has 2 nitrogen and oxygen atoms in total. The minimum atomic E-state index is 0.182. The van der Waals surface area contributed by atoms with E-state index in [2.05, 4.69) is 61.7 Å². The standard InChI is InChI=1S/C17H20N2S/c1-12-9-10-16(13(2)11-12)19-17(20)18-14(3)15-7-5-4-6-8-15/h4-11,14H,1-3H3,(H2,18,19,20)/t14-/m1/s1. The largest absolute Gasteiger partial charge is 0.356 e. The first-order valence-electron chi connectivity index (χ1n) is 6.76. The monoisotopic (exact) mass is 284 g/mol. The summed E-state index contributed by atoms with van der Waals surface area (Å²) in [4.78, 5) is 0. The molecule has 2 N–H and O–H groups in total. The molecule has 0 saturated heterocycles. The third-order valence-corrected chi connectivity index (χ3v) is 3.50. The molecule has 0 unspecified atom stereocenters. The van der Waals surface area contributed by atoms with Crippen molar-refractivity contribution in [2.75, 3.05) is 5.32 Å². The summed E-state index contributed by atoms with van der Waals surface area (Å²) in [6, 6.07) is 16.7. The Morgan fingerprint density at radius 3 is 2.40 bits per heavy atom. The van der Waals surface area contributed by atoms with Gasteiger partial charge in [-0.25, -0.2) is 0 Å². The minimum absolute atomic E-state index is 0.182. The lowest BCUT2D eigenvalue weighted by Crippen LogP contribution is -2.31. The van der Waals surface area contributed by atoms with Crippen molar-refractivity contribution in [2.24, 2.45) is 0 Å². The van der Waals surface area contributed by atoms with Crippen LogP contribution in [-0.2, 0) is 0 Å². The van der Waals surface area contributed by atoms with Crippen LogP contribution in [0, 0.1) is 13.8 Å². The van der Waals surface area contributed by atoms with Crippen molar-refractivity contribution in [3.63, 3.8) is 0 Å². The van der Waals surface area contributed by atoms with E-state index in [0.717, 1.165) is 5.69 Å². The minimum Gasteiger partial charge on any atom is -0.356 e. The van der Waals surface area contributed by atoms with Gasteiger partial charge >= 0.3 is 0 Å². The van der Waals surface area contributed by atoms with Crippen LogP contribution in [0.3, 0.4) is 0 Å². The average molecular weight is 284 g/mol. The highest BCUT2D eigenvalue weighted by Crippen LogP contribution is 2.17. The van der Waals surface area contributed by atoms with Crippen molar-refractivity contribution in [3.8, 4) is 0 Å². The van der Waals surface area contributed by atoms with Gasteiger partial charge in [0, 0.05) is 5.69 Å². The highest BCUT2D eigenvalue weighted by atomic mass is 32.1. The quantitative estimate of drug-likeness (QED) is 0.819. The smallest absolute Gasteiger partial charge is 0.171 e.